The number of nitrogens with zero attached hydrogens (tertiary/aromatic N) is 1. The molecule has 0 spiro atoms. The monoisotopic (exact) mass is 266 g/mol. The Morgan fingerprint density at radius 1 is 1.32 bits per heavy atom. The maximum Gasteiger partial charge on any atom is 0.125 e. The van der Waals surface area contributed by atoms with Gasteiger partial charge in [0.1, 0.15) is 5.82 Å². The summed E-state index contributed by atoms with van der Waals surface area (Å²) in [6.45, 7) is 13.6. The molecule has 19 heavy (non-hydrogen) atoms. The van der Waals surface area contributed by atoms with Gasteiger partial charge in [0.05, 0.1) is 0 Å². The topological polar surface area (TPSA) is 15.3 Å². The summed E-state index contributed by atoms with van der Waals surface area (Å²) in [4.78, 5) is 2.22. The van der Waals surface area contributed by atoms with Gasteiger partial charge in [0.15, 0.2) is 0 Å². The van der Waals surface area contributed by atoms with Gasteiger partial charge in [-0.15, -0.1) is 0 Å². The summed E-state index contributed by atoms with van der Waals surface area (Å²) in [7, 11) is 0. The molecule has 3 heteroatoms. The molecule has 0 bridgehead atoms. The lowest BCUT2D eigenvalue weighted by molar-refractivity contribution is 0.382. The third kappa shape index (κ3) is 6.06. The molecular weight excluding hydrogens is 239 g/mol. The summed E-state index contributed by atoms with van der Waals surface area (Å²) in [5, 5.41) is 3.51. The Kier molecular flexibility index (Phi) is 5.80. The van der Waals surface area contributed by atoms with Crippen LogP contribution >= 0.6 is 0 Å². The molecule has 0 radical (unpaired) electrons. The predicted octanol–water partition coefficient (Wildman–Crippen LogP) is 3.68. The predicted molar refractivity (Wildman–Crippen MR) is 81.2 cm³/mol. The quantitative estimate of drug-likeness (QED) is 0.845. The van der Waals surface area contributed by atoms with Gasteiger partial charge < -0.3 is 10.2 Å². The molecule has 1 rings (SSSR count). The van der Waals surface area contributed by atoms with Gasteiger partial charge in [0.2, 0.25) is 0 Å². The highest BCUT2D eigenvalue weighted by molar-refractivity contribution is 5.46. The first-order chi connectivity index (χ1) is 8.81. The SMILES string of the molecule is CCN(CC(C)CNC(C)(C)C)c1cccc(F)c1. The van der Waals surface area contributed by atoms with Gasteiger partial charge in [-0.2, -0.15) is 0 Å². The van der Waals surface area contributed by atoms with Crippen LogP contribution < -0.4 is 10.2 Å². The number of rotatable bonds is 6. The van der Waals surface area contributed by atoms with Crippen LogP contribution in [0.4, 0.5) is 10.1 Å². The van der Waals surface area contributed by atoms with Crippen molar-refractivity contribution in [1.82, 2.24) is 5.32 Å². The molecule has 0 aliphatic heterocycles. The minimum Gasteiger partial charge on any atom is -0.371 e. The largest absolute Gasteiger partial charge is 0.371 e. The van der Waals surface area contributed by atoms with Crippen molar-refractivity contribution in [2.45, 2.75) is 40.2 Å². The minimum atomic E-state index is -0.170. The molecule has 0 saturated heterocycles. The Morgan fingerprint density at radius 2 is 2.00 bits per heavy atom. The summed E-state index contributed by atoms with van der Waals surface area (Å²) < 4.78 is 13.3. The van der Waals surface area contributed by atoms with E-state index in [2.05, 4.69) is 44.8 Å². The highest BCUT2D eigenvalue weighted by atomic mass is 19.1. The molecule has 1 N–H and O–H groups in total. The number of hydrogen-bond donors (Lipinski definition) is 1. The number of nitrogens with one attached hydrogen (secondary N) is 1. The van der Waals surface area contributed by atoms with E-state index in [0.29, 0.717) is 5.92 Å². The first-order valence-corrected chi connectivity index (χ1v) is 7.07. The average Bonchev–Trinajstić information content (AvgIpc) is 2.32. The molecular formula is C16H27FN2. The van der Waals surface area contributed by atoms with E-state index in [9.17, 15) is 4.39 Å². The van der Waals surface area contributed by atoms with Crippen molar-refractivity contribution in [3.05, 3.63) is 30.1 Å². The van der Waals surface area contributed by atoms with Crippen molar-refractivity contribution in [1.29, 1.82) is 0 Å². The smallest absolute Gasteiger partial charge is 0.125 e. The second-order valence-electron chi connectivity index (χ2n) is 6.25. The van der Waals surface area contributed by atoms with Crippen molar-refractivity contribution in [3.8, 4) is 0 Å². The zero-order valence-electron chi connectivity index (χ0n) is 12.8. The van der Waals surface area contributed by atoms with Crippen LogP contribution in [0.15, 0.2) is 24.3 Å². The standard InChI is InChI=1S/C16H27FN2/c1-6-19(15-9-7-8-14(17)10-15)12-13(2)11-18-16(3,4)5/h7-10,13,18H,6,11-12H2,1-5H3. The molecule has 0 aliphatic rings. The molecule has 0 fully saturated rings. The molecule has 108 valence electrons. The fraction of sp³-hybridized carbons (Fsp3) is 0.625. The molecule has 0 heterocycles. The number of halogens is 1. The van der Waals surface area contributed by atoms with Crippen molar-refractivity contribution in [3.63, 3.8) is 0 Å². The molecule has 1 aromatic rings. The Balaban J connectivity index is 2.57. The van der Waals surface area contributed by atoms with Gasteiger partial charge >= 0.3 is 0 Å². The zero-order chi connectivity index (χ0) is 14.5. The van der Waals surface area contributed by atoms with Crippen LogP contribution in [0.1, 0.15) is 34.6 Å². The summed E-state index contributed by atoms with van der Waals surface area (Å²) in [5.74, 6) is 0.346. The van der Waals surface area contributed by atoms with Crippen molar-refractivity contribution in [2.24, 2.45) is 5.92 Å². The molecule has 0 amide bonds. The highest BCUT2D eigenvalue weighted by Gasteiger charge is 2.14. The number of hydrogen-bond acceptors (Lipinski definition) is 2. The first-order valence-electron chi connectivity index (χ1n) is 7.07. The van der Waals surface area contributed by atoms with E-state index in [0.717, 1.165) is 25.3 Å². The second kappa shape index (κ2) is 6.90. The van der Waals surface area contributed by atoms with Crippen LogP contribution in [-0.4, -0.2) is 25.2 Å². The van der Waals surface area contributed by atoms with Crippen LogP contribution in [0.3, 0.4) is 0 Å². The van der Waals surface area contributed by atoms with Crippen LogP contribution in [0, 0.1) is 11.7 Å². The Morgan fingerprint density at radius 3 is 2.53 bits per heavy atom. The number of benzene rings is 1. The van der Waals surface area contributed by atoms with E-state index < -0.39 is 0 Å². The normalized spacial score (nSPS) is 13.4. The summed E-state index contributed by atoms with van der Waals surface area (Å²) >= 11 is 0. The van der Waals surface area contributed by atoms with Gasteiger partial charge in [-0.05, 0) is 58.4 Å². The Bertz CT molecular complexity index is 385. The molecule has 1 aromatic carbocycles. The second-order valence-corrected chi connectivity index (χ2v) is 6.25. The van der Waals surface area contributed by atoms with Gasteiger partial charge in [-0.1, -0.05) is 13.0 Å². The van der Waals surface area contributed by atoms with E-state index in [1.807, 2.05) is 6.07 Å². The molecule has 1 atom stereocenters. The van der Waals surface area contributed by atoms with E-state index in [1.165, 1.54) is 6.07 Å². The maximum atomic E-state index is 13.3. The molecule has 2 nitrogen and oxygen atoms in total. The zero-order valence-corrected chi connectivity index (χ0v) is 12.8. The lowest BCUT2D eigenvalue weighted by atomic mass is 10.1. The van der Waals surface area contributed by atoms with Gasteiger partial charge in [-0.25, -0.2) is 4.39 Å². The Labute approximate surface area is 117 Å². The Hall–Kier alpha value is -1.09. The van der Waals surface area contributed by atoms with E-state index in [-0.39, 0.29) is 11.4 Å². The van der Waals surface area contributed by atoms with Gasteiger partial charge in [0.25, 0.3) is 0 Å². The van der Waals surface area contributed by atoms with E-state index in [1.54, 1.807) is 12.1 Å². The van der Waals surface area contributed by atoms with Crippen LogP contribution in [0.25, 0.3) is 0 Å². The highest BCUT2D eigenvalue weighted by Crippen LogP contribution is 2.17. The van der Waals surface area contributed by atoms with Crippen LogP contribution in [0.5, 0.6) is 0 Å². The van der Waals surface area contributed by atoms with E-state index >= 15 is 0 Å². The summed E-state index contributed by atoms with van der Waals surface area (Å²) in [6.07, 6.45) is 0. The molecule has 1 unspecified atom stereocenters. The van der Waals surface area contributed by atoms with Crippen molar-refractivity contribution < 1.29 is 4.39 Å². The third-order valence-corrected chi connectivity index (χ3v) is 3.07. The fourth-order valence-electron chi connectivity index (χ4n) is 2.01. The van der Waals surface area contributed by atoms with Crippen LogP contribution in [-0.2, 0) is 0 Å². The fourth-order valence-corrected chi connectivity index (χ4v) is 2.01. The van der Waals surface area contributed by atoms with Crippen molar-refractivity contribution in [2.75, 3.05) is 24.5 Å². The van der Waals surface area contributed by atoms with Gasteiger partial charge in [-0.3, -0.25) is 0 Å². The summed E-state index contributed by atoms with van der Waals surface area (Å²) in [5.41, 5.74) is 1.11. The number of anilines is 1. The van der Waals surface area contributed by atoms with Crippen molar-refractivity contribution >= 4 is 5.69 Å². The molecule has 0 aliphatic carbocycles. The van der Waals surface area contributed by atoms with Gasteiger partial charge in [0, 0.05) is 24.3 Å². The molecule has 0 saturated carbocycles. The van der Waals surface area contributed by atoms with E-state index in [4.69, 9.17) is 0 Å². The maximum absolute atomic E-state index is 13.3. The molecule has 0 aromatic heterocycles. The summed E-state index contributed by atoms with van der Waals surface area (Å²) in [6, 6.07) is 6.83. The van der Waals surface area contributed by atoms with Crippen LogP contribution in [0.2, 0.25) is 0 Å². The minimum absolute atomic E-state index is 0.143. The lowest BCUT2D eigenvalue weighted by Gasteiger charge is -2.29. The first kappa shape index (κ1) is 16.0. The average molecular weight is 266 g/mol. The third-order valence-electron chi connectivity index (χ3n) is 3.07. The lowest BCUT2D eigenvalue weighted by Crippen LogP contribution is -2.41.